The number of primary amides is 1. The number of esters is 1. The molecule has 2 aliphatic rings. The summed E-state index contributed by atoms with van der Waals surface area (Å²) in [5, 5.41) is 10.8. The normalized spacial score (nSPS) is 18.7. The summed E-state index contributed by atoms with van der Waals surface area (Å²) in [6.07, 6.45) is 0.826. The average Bonchev–Trinajstić information content (AvgIpc) is 3.57. The molecule has 2 fully saturated rings. The fourth-order valence-electron chi connectivity index (χ4n) is 6.13. The number of sulfonamides is 1. The summed E-state index contributed by atoms with van der Waals surface area (Å²) < 4.78 is 38.5. The van der Waals surface area contributed by atoms with Crippen molar-refractivity contribution in [3.63, 3.8) is 0 Å². The van der Waals surface area contributed by atoms with E-state index in [4.69, 9.17) is 20.6 Å². The second kappa shape index (κ2) is 16.7. The Bertz CT molecular complexity index is 1580. The van der Waals surface area contributed by atoms with E-state index in [9.17, 15) is 27.6 Å². The SMILES string of the molecule is CC(OC(=O)c1ccccc1)[C@@H](C)OC(=O)NC(=N)N1CCC(CN([C@H](Cc2ccccc2)C(=O)N2CCC[C@@H]2C(N)=O)S(C)(=O)=O)CC1. The molecule has 4 atom stereocenters. The number of nitrogens with zero attached hydrogens (tertiary/aromatic N) is 3. The minimum atomic E-state index is -3.87. The zero-order valence-corrected chi connectivity index (χ0v) is 28.9. The number of carbonyl (C=O) groups excluding carboxylic acids is 4. The van der Waals surface area contributed by atoms with Crippen LogP contribution in [-0.2, 0) is 35.5 Å². The molecule has 0 bridgehead atoms. The van der Waals surface area contributed by atoms with Crippen LogP contribution in [0.4, 0.5) is 4.79 Å². The van der Waals surface area contributed by atoms with Gasteiger partial charge in [-0.2, -0.15) is 4.31 Å². The van der Waals surface area contributed by atoms with Gasteiger partial charge in [0.2, 0.25) is 27.8 Å². The van der Waals surface area contributed by atoms with E-state index < -0.39 is 58.2 Å². The number of nitrogens with one attached hydrogen (secondary N) is 2. The first-order valence-electron chi connectivity index (χ1n) is 16.4. The quantitative estimate of drug-likeness (QED) is 0.170. The van der Waals surface area contributed by atoms with Gasteiger partial charge in [0.15, 0.2) is 0 Å². The van der Waals surface area contributed by atoms with Gasteiger partial charge in [0.25, 0.3) is 0 Å². The standard InChI is InChI=1S/C34H46N6O8S/c1-23(47-32(43)27-13-8-5-9-14-27)24(2)48-34(44)37-33(36)38-19-16-26(17-20-38)22-40(49(3,45)46)29(21-25-11-6-4-7-12-25)31(42)39-18-10-15-28(39)30(35)41/h4-9,11-14,23-24,26,28-29H,10,15-22H2,1-3H3,(H2,35,41)(H2,36,37,44)/t23?,24-,28-,29-/m1/s1. The fourth-order valence-corrected chi connectivity index (χ4v) is 7.24. The molecule has 2 aliphatic heterocycles. The van der Waals surface area contributed by atoms with Gasteiger partial charge < -0.3 is 25.0 Å². The molecule has 2 aromatic rings. The van der Waals surface area contributed by atoms with E-state index in [0.717, 1.165) is 11.8 Å². The molecule has 266 valence electrons. The minimum absolute atomic E-state index is 0.0743. The second-order valence-electron chi connectivity index (χ2n) is 12.6. The van der Waals surface area contributed by atoms with E-state index in [1.54, 1.807) is 49.1 Å². The first-order chi connectivity index (χ1) is 23.2. The molecule has 0 saturated carbocycles. The van der Waals surface area contributed by atoms with E-state index in [1.807, 2.05) is 30.3 Å². The maximum atomic E-state index is 14.0. The lowest BCUT2D eigenvalue weighted by molar-refractivity contribution is -0.140. The molecule has 0 aromatic heterocycles. The topological polar surface area (TPSA) is 192 Å². The van der Waals surface area contributed by atoms with Crippen LogP contribution in [0.3, 0.4) is 0 Å². The highest BCUT2D eigenvalue weighted by molar-refractivity contribution is 7.88. The predicted molar refractivity (Wildman–Crippen MR) is 182 cm³/mol. The van der Waals surface area contributed by atoms with Gasteiger partial charge >= 0.3 is 12.1 Å². The third-order valence-corrected chi connectivity index (χ3v) is 10.3. The molecule has 2 saturated heterocycles. The Hall–Kier alpha value is -4.50. The van der Waals surface area contributed by atoms with E-state index in [-0.39, 0.29) is 24.8 Å². The summed E-state index contributed by atoms with van der Waals surface area (Å²) in [6, 6.07) is 15.7. The number of likely N-dealkylation sites (tertiary alicyclic amines) is 2. The molecule has 0 radical (unpaired) electrons. The van der Waals surface area contributed by atoms with Crippen LogP contribution in [0.5, 0.6) is 0 Å². The van der Waals surface area contributed by atoms with Gasteiger partial charge in [-0.1, -0.05) is 48.5 Å². The van der Waals surface area contributed by atoms with Gasteiger partial charge in [0.1, 0.15) is 24.3 Å². The number of nitrogens with two attached hydrogens (primary N) is 1. The van der Waals surface area contributed by atoms with Gasteiger partial charge in [-0.3, -0.25) is 20.3 Å². The highest BCUT2D eigenvalue weighted by atomic mass is 32.2. The Labute approximate surface area is 287 Å². The second-order valence-corrected chi connectivity index (χ2v) is 14.6. The number of hydrogen-bond acceptors (Lipinski definition) is 9. The first-order valence-corrected chi connectivity index (χ1v) is 18.3. The highest BCUT2D eigenvalue weighted by Gasteiger charge is 2.42. The van der Waals surface area contributed by atoms with Gasteiger partial charge in [0, 0.05) is 26.2 Å². The number of piperidine rings is 1. The fraction of sp³-hybridized carbons (Fsp3) is 0.500. The third-order valence-electron chi connectivity index (χ3n) is 9.04. The summed E-state index contributed by atoms with van der Waals surface area (Å²) in [7, 11) is -3.87. The smallest absolute Gasteiger partial charge is 0.414 e. The highest BCUT2D eigenvalue weighted by Crippen LogP contribution is 2.26. The van der Waals surface area contributed by atoms with Crippen LogP contribution in [0.2, 0.25) is 0 Å². The number of rotatable bonds is 12. The van der Waals surface area contributed by atoms with Crippen molar-refractivity contribution in [2.45, 2.75) is 70.2 Å². The van der Waals surface area contributed by atoms with Gasteiger partial charge in [0.05, 0.1) is 11.8 Å². The summed E-state index contributed by atoms with van der Waals surface area (Å²) >= 11 is 0. The lowest BCUT2D eigenvalue weighted by atomic mass is 9.95. The summed E-state index contributed by atoms with van der Waals surface area (Å²) in [5.74, 6) is -1.92. The average molecular weight is 699 g/mol. The minimum Gasteiger partial charge on any atom is -0.455 e. The molecule has 4 N–H and O–H groups in total. The number of hydrogen-bond donors (Lipinski definition) is 3. The van der Waals surface area contributed by atoms with Crippen molar-refractivity contribution in [1.82, 2.24) is 19.4 Å². The summed E-state index contributed by atoms with van der Waals surface area (Å²) in [4.78, 5) is 54.1. The molecule has 0 aliphatic carbocycles. The van der Waals surface area contributed by atoms with Crippen LogP contribution in [0.1, 0.15) is 55.5 Å². The van der Waals surface area contributed by atoms with E-state index >= 15 is 0 Å². The van der Waals surface area contributed by atoms with Crippen molar-refractivity contribution in [1.29, 1.82) is 5.41 Å². The Morgan fingerprint density at radius 1 is 0.939 bits per heavy atom. The van der Waals surface area contributed by atoms with Crippen molar-refractivity contribution < 1.29 is 37.1 Å². The lowest BCUT2D eigenvalue weighted by Crippen LogP contribution is -2.56. The molecule has 0 spiro atoms. The molecule has 2 heterocycles. The lowest BCUT2D eigenvalue weighted by Gasteiger charge is -2.38. The van der Waals surface area contributed by atoms with Crippen molar-refractivity contribution in [2.75, 3.05) is 32.4 Å². The molecule has 49 heavy (non-hydrogen) atoms. The van der Waals surface area contributed by atoms with Crippen LogP contribution in [0.25, 0.3) is 0 Å². The Balaban J connectivity index is 1.34. The molecular formula is C34H46N6O8S. The number of benzene rings is 2. The zero-order valence-electron chi connectivity index (χ0n) is 28.1. The van der Waals surface area contributed by atoms with Crippen molar-refractivity contribution in [3.05, 3.63) is 71.8 Å². The first kappa shape index (κ1) is 37.3. The van der Waals surface area contributed by atoms with Gasteiger partial charge in [-0.25, -0.2) is 18.0 Å². The molecular weight excluding hydrogens is 652 g/mol. The molecule has 3 amide bonds. The van der Waals surface area contributed by atoms with Crippen molar-refractivity contribution in [3.8, 4) is 0 Å². The van der Waals surface area contributed by atoms with Crippen LogP contribution < -0.4 is 11.1 Å². The molecule has 1 unspecified atom stereocenters. The summed E-state index contributed by atoms with van der Waals surface area (Å²) in [6.45, 7) is 4.30. The van der Waals surface area contributed by atoms with Crippen molar-refractivity contribution in [2.24, 2.45) is 11.7 Å². The molecule has 2 aromatic carbocycles. The number of carbonyl (C=O) groups is 4. The van der Waals surface area contributed by atoms with Gasteiger partial charge in [-0.05, 0) is 69.6 Å². The summed E-state index contributed by atoms with van der Waals surface area (Å²) in [5.41, 5.74) is 6.75. The maximum Gasteiger partial charge on any atom is 0.414 e. The van der Waals surface area contributed by atoms with Crippen LogP contribution in [-0.4, -0.2) is 109 Å². The number of guanidine groups is 1. The van der Waals surface area contributed by atoms with Crippen molar-refractivity contribution >= 4 is 39.9 Å². The monoisotopic (exact) mass is 698 g/mol. The molecule has 4 rings (SSSR count). The van der Waals surface area contributed by atoms with Crippen LogP contribution in [0.15, 0.2) is 60.7 Å². The maximum absolute atomic E-state index is 14.0. The number of ether oxygens (including phenoxy) is 2. The Morgan fingerprint density at radius 2 is 1.53 bits per heavy atom. The number of amides is 3. The Morgan fingerprint density at radius 3 is 2.12 bits per heavy atom. The molecule has 15 heteroatoms. The Kier molecular flexibility index (Phi) is 12.8. The third kappa shape index (κ3) is 10.2. The van der Waals surface area contributed by atoms with Crippen LogP contribution >= 0.6 is 0 Å². The van der Waals surface area contributed by atoms with E-state index in [2.05, 4.69) is 5.32 Å². The largest absolute Gasteiger partial charge is 0.455 e. The van der Waals surface area contributed by atoms with E-state index in [0.29, 0.717) is 50.9 Å². The number of alkyl carbamates (subject to hydrolysis) is 1. The van der Waals surface area contributed by atoms with Crippen LogP contribution in [0, 0.1) is 11.3 Å². The predicted octanol–water partition coefficient (Wildman–Crippen LogP) is 2.34. The zero-order chi connectivity index (χ0) is 35.7. The van der Waals surface area contributed by atoms with Gasteiger partial charge in [-0.15, -0.1) is 0 Å². The molecule has 14 nitrogen and oxygen atoms in total. The van der Waals surface area contributed by atoms with E-state index in [1.165, 1.54) is 9.21 Å².